The number of rotatable bonds is 10. The normalized spacial score (nSPS) is 16.9. The molecule has 0 N–H and O–H groups in total. The fourth-order valence-corrected chi connectivity index (χ4v) is 5.99. The third-order valence-corrected chi connectivity index (χ3v) is 8.31. The quantitative estimate of drug-likeness (QED) is 0.125. The van der Waals surface area contributed by atoms with E-state index in [0.29, 0.717) is 30.4 Å². The monoisotopic (exact) mass is 660 g/mol. The average Bonchev–Trinajstić information content (AvgIpc) is 3.01. The summed E-state index contributed by atoms with van der Waals surface area (Å²) in [6.07, 6.45) is 3.63. The van der Waals surface area contributed by atoms with Crippen LogP contribution in [0.2, 0.25) is 0 Å². The first-order chi connectivity index (χ1) is 22.4. The summed E-state index contributed by atoms with van der Waals surface area (Å²) in [5.74, 6) is -8.15. The van der Waals surface area contributed by atoms with Gasteiger partial charge in [0.25, 0.3) is 0 Å². The van der Waals surface area contributed by atoms with Crippen LogP contribution < -0.4 is 9.47 Å². The van der Waals surface area contributed by atoms with Crippen LogP contribution in [0.25, 0.3) is 22.3 Å². The lowest BCUT2D eigenvalue weighted by atomic mass is 9.78. The molecule has 0 bridgehead atoms. The molecule has 0 amide bonds. The molecular weight excluding hydrogens is 628 g/mol. The molecule has 2 nitrogen and oxygen atoms in total. The molecule has 0 radical (unpaired) electrons. The number of allylic oxidation sites excluding steroid dienone is 2. The van der Waals surface area contributed by atoms with E-state index in [1.807, 2.05) is 6.92 Å². The molecule has 4 aromatic rings. The van der Waals surface area contributed by atoms with E-state index >= 15 is 17.6 Å². The summed E-state index contributed by atoms with van der Waals surface area (Å²) >= 11 is 0. The highest BCUT2D eigenvalue weighted by Gasteiger charge is 2.41. The molecule has 5 rings (SSSR count). The van der Waals surface area contributed by atoms with Gasteiger partial charge in [-0.15, -0.1) is 0 Å². The molecule has 0 saturated heterocycles. The predicted octanol–water partition coefficient (Wildman–Crippen LogP) is 11.6. The van der Waals surface area contributed by atoms with Gasteiger partial charge < -0.3 is 9.47 Å². The third-order valence-electron chi connectivity index (χ3n) is 8.31. The van der Waals surface area contributed by atoms with Crippen molar-refractivity contribution in [1.82, 2.24) is 0 Å². The minimum absolute atomic E-state index is 0.0165. The van der Waals surface area contributed by atoms with Gasteiger partial charge in [0.2, 0.25) is 0 Å². The maximum atomic E-state index is 15.1. The van der Waals surface area contributed by atoms with Crippen molar-refractivity contribution in [3.8, 4) is 33.8 Å². The molecule has 10 heteroatoms. The predicted molar refractivity (Wildman–Crippen MR) is 163 cm³/mol. The van der Waals surface area contributed by atoms with Crippen LogP contribution in [0.4, 0.5) is 35.1 Å². The number of ether oxygens (including phenoxy) is 2. The molecule has 0 spiro atoms. The molecule has 1 aliphatic carbocycles. The summed E-state index contributed by atoms with van der Waals surface area (Å²) in [5, 5.41) is 0. The molecule has 1 saturated carbocycles. The van der Waals surface area contributed by atoms with Gasteiger partial charge in [0.05, 0.1) is 6.61 Å². The number of hydrogen-bond acceptors (Lipinski definition) is 2. The lowest BCUT2D eigenvalue weighted by Gasteiger charge is -2.28. The van der Waals surface area contributed by atoms with Gasteiger partial charge in [0, 0.05) is 17.2 Å². The molecule has 0 aliphatic heterocycles. The largest absolute Gasteiger partial charge is 0.488 e. The summed E-state index contributed by atoms with van der Waals surface area (Å²) < 4.78 is 128. The molecule has 47 heavy (non-hydrogen) atoms. The van der Waals surface area contributed by atoms with E-state index in [0.717, 1.165) is 61.7 Å². The fourth-order valence-electron chi connectivity index (χ4n) is 5.99. The summed E-state index contributed by atoms with van der Waals surface area (Å²) in [4.78, 5) is 0. The van der Waals surface area contributed by atoms with Crippen molar-refractivity contribution < 1.29 is 44.6 Å². The first kappa shape index (κ1) is 34.0. The molecule has 1 fully saturated rings. The first-order valence-electron chi connectivity index (χ1n) is 15.4. The van der Waals surface area contributed by atoms with Crippen LogP contribution in [0.1, 0.15) is 63.0 Å². The highest BCUT2D eigenvalue weighted by molar-refractivity contribution is 5.72. The van der Waals surface area contributed by atoms with Crippen LogP contribution in [-0.2, 0) is 6.11 Å². The summed E-state index contributed by atoms with van der Waals surface area (Å²) in [7, 11) is 0. The Hall–Kier alpha value is -4.34. The van der Waals surface area contributed by atoms with Gasteiger partial charge in [-0.1, -0.05) is 31.2 Å². The van der Waals surface area contributed by atoms with E-state index in [4.69, 9.17) is 4.74 Å². The maximum Gasteiger partial charge on any atom is 0.432 e. The summed E-state index contributed by atoms with van der Waals surface area (Å²) in [5.41, 5.74) is -1.83. The van der Waals surface area contributed by atoms with E-state index in [1.165, 1.54) is 12.1 Å². The molecular formula is C37H32F8O2. The lowest BCUT2D eigenvalue weighted by Crippen LogP contribution is -2.25. The van der Waals surface area contributed by atoms with Crippen molar-refractivity contribution in [3.63, 3.8) is 0 Å². The van der Waals surface area contributed by atoms with Gasteiger partial charge in [-0.05, 0) is 110 Å². The van der Waals surface area contributed by atoms with Crippen LogP contribution >= 0.6 is 0 Å². The lowest BCUT2D eigenvalue weighted by molar-refractivity contribution is -0.189. The van der Waals surface area contributed by atoms with Gasteiger partial charge >= 0.3 is 6.11 Å². The molecule has 0 unspecified atom stereocenters. The van der Waals surface area contributed by atoms with Crippen LogP contribution in [-0.4, -0.2) is 6.61 Å². The minimum Gasteiger partial charge on any atom is -0.488 e. The van der Waals surface area contributed by atoms with Crippen LogP contribution in [0, 0.1) is 40.8 Å². The fraction of sp³-hybridized carbons (Fsp3) is 0.297. The molecule has 248 valence electrons. The Morgan fingerprint density at radius 2 is 1.26 bits per heavy atom. The standard InChI is InChI=1S/C37H32F8O2/c1-3-5-6-21-7-9-22(10-8-21)24-16-31(40)35(32(41)17-24)37(44,45)47-26-12-14-27(30(39)20-26)23-11-13-28(29(38)15-23)25-18-33(42)36(46-4-2)34(43)19-25/h5-6,11-22H,3-4,7-10H2,1-2H3. The Kier molecular flexibility index (Phi) is 10.3. The average molecular weight is 661 g/mol. The zero-order chi connectivity index (χ0) is 33.9. The molecule has 0 aromatic heterocycles. The number of alkyl halides is 2. The summed E-state index contributed by atoms with van der Waals surface area (Å²) in [6.45, 7) is 3.60. The van der Waals surface area contributed by atoms with Gasteiger partial charge in [-0.3, -0.25) is 0 Å². The smallest absolute Gasteiger partial charge is 0.432 e. The van der Waals surface area contributed by atoms with Gasteiger partial charge in [-0.25, -0.2) is 26.3 Å². The Bertz CT molecular complexity index is 1730. The Balaban J connectivity index is 1.32. The zero-order valence-electron chi connectivity index (χ0n) is 25.7. The SMILES string of the molecule is CCC=CC1CCC(c2cc(F)c(C(F)(F)Oc3ccc(-c4ccc(-c5cc(F)c(OCC)c(F)c5)c(F)c4)c(F)c3)c(F)c2)CC1. The number of hydrogen-bond donors (Lipinski definition) is 0. The minimum atomic E-state index is -4.49. The van der Waals surface area contributed by atoms with Crippen LogP contribution in [0.5, 0.6) is 11.5 Å². The van der Waals surface area contributed by atoms with Crippen molar-refractivity contribution in [3.05, 3.63) is 119 Å². The maximum absolute atomic E-state index is 15.1. The Morgan fingerprint density at radius 3 is 1.83 bits per heavy atom. The number of halogens is 8. The third kappa shape index (κ3) is 7.47. The molecule has 0 atom stereocenters. The molecule has 0 heterocycles. The van der Waals surface area contributed by atoms with Crippen molar-refractivity contribution in [2.24, 2.45) is 5.92 Å². The second-order valence-electron chi connectivity index (χ2n) is 11.5. The zero-order valence-corrected chi connectivity index (χ0v) is 25.7. The second kappa shape index (κ2) is 14.2. The van der Waals surface area contributed by atoms with Crippen LogP contribution in [0.15, 0.2) is 72.8 Å². The Morgan fingerprint density at radius 1 is 0.681 bits per heavy atom. The van der Waals surface area contributed by atoms with E-state index in [1.54, 1.807) is 6.92 Å². The van der Waals surface area contributed by atoms with E-state index in [9.17, 15) is 17.6 Å². The summed E-state index contributed by atoms with van der Waals surface area (Å²) in [6, 6.07) is 9.54. The van der Waals surface area contributed by atoms with E-state index < -0.39 is 58.1 Å². The first-order valence-corrected chi connectivity index (χ1v) is 15.4. The van der Waals surface area contributed by atoms with Crippen molar-refractivity contribution in [1.29, 1.82) is 0 Å². The van der Waals surface area contributed by atoms with Crippen molar-refractivity contribution in [2.75, 3.05) is 6.61 Å². The van der Waals surface area contributed by atoms with Crippen molar-refractivity contribution in [2.45, 2.75) is 58.0 Å². The van der Waals surface area contributed by atoms with Gasteiger partial charge in [0.1, 0.15) is 34.6 Å². The number of benzene rings is 4. The van der Waals surface area contributed by atoms with E-state index in [2.05, 4.69) is 16.9 Å². The van der Waals surface area contributed by atoms with Crippen molar-refractivity contribution >= 4 is 0 Å². The van der Waals surface area contributed by atoms with E-state index in [-0.39, 0.29) is 34.8 Å². The van der Waals surface area contributed by atoms with Gasteiger partial charge in [-0.2, -0.15) is 8.78 Å². The highest BCUT2D eigenvalue weighted by atomic mass is 19.3. The molecule has 1 aliphatic rings. The Labute approximate surface area is 267 Å². The topological polar surface area (TPSA) is 18.5 Å². The highest BCUT2D eigenvalue weighted by Crippen LogP contribution is 2.41. The van der Waals surface area contributed by atoms with Gasteiger partial charge in [0.15, 0.2) is 17.4 Å². The molecule has 4 aromatic carbocycles. The van der Waals surface area contributed by atoms with Crippen LogP contribution in [0.3, 0.4) is 0 Å². The second-order valence-corrected chi connectivity index (χ2v) is 11.5.